The number of fused-ring (bicyclic) bond motifs is 2. The van der Waals surface area contributed by atoms with E-state index in [1.807, 2.05) is 42.1 Å². The fourth-order valence-electron chi connectivity index (χ4n) is 2.51. The second-order valence-corrected chi connectivity index (χ2v) is 7.15. The van der Waals surface area contributed by atoms with Gasteiger partial charge in [0, 0.05) is 26.6 Å². The number of pyridine rings is 1. The number of hydrogen-bond donors (Lipinski definition) is 0. The minimum Gasteiger partial charge on any atom is -0.497 e. The fourth-order valence-corrected chi connectivity index (χ4v) is 4.07. The summed E-state index contributed by atoms with van der Waals surface area (Å²) in [5.41, 5.74) is 1.88. The molecule has 0 aliphatic heterocycles. The first-order chi connectivity index (χ1) is 11.2. The van der Waals surface area contributed by atoms with Crippen LogP contribution in [-0.4, -0.2) is 23.7 Å². The van der Waals surface area contributed by atoms with Gasteiger partial charge < -0.3 is 4.74 Å². The quantitative estimate of drug-likeness (QED) is 0.226. The molecule has 0 spiro atoms. The number of benzene rings is 2. The van der Waals surface area contributed by atoms with E-state index in [1.54, 1.807) is 7.11 Å². The summed E-state index contributed by atoms with van der Waals surface area (Å²) in [5, 5.41) is 2.96. The third-order valence-electron chi connectivity index (χ3n) is 3.67. The Morgan fingerprint density at radius 1 is 1.04 bits per heavy atom. The summed E-state index contributed by atoms with van der Waals surface area (Å²) in [6.45, 7) is 0. The predicted molar refractivity (Wildman–Crippen MR) is 101 cm³/mol. The third kappa shape index (κ3) is 3.68. The summed E-state index contributed by atoms with van der Waals surface area (Å²) < 4.78 is 5.38. The van der Waals surface area contributed by atoms with E-state index in [0.29, 0.717) is 10.9 Å². The smallest absolute Gasteiger partial charge is 0.119 e. The molecule has 0 unspecified atom stereocenters. The first-order valence-electron chi connectivity index (χ1n) is 7.48. The molecule has 0 radical (unpaired) electrons. The highest BCUT2D eigenvalue weighted by Gasteiger charge is 2.11. The van der Waals surface area contributed by atoms with Crippen LogP contribution in [0.4, 0.5) is 0 Å². The summed E-state index contributed by atoms with van der Waals surface area (Å²) >= 11 is 13.8. The van der Waals surface area contributed by atoms with Crippen LogP contribution in [0.2, 0.25) is 5.02 Å². The van der Waals surface area contributed by atoms with E-state index in [0.717, 1.165) is 46.1 Å². The van der Waals surface area contributed by atoms with E-state index < -0.39 is 0 Å². The molecular weight excluding hydrogens is 349 g/mol. The number of aromatic nitrogens is 1. The van der Waals surface area contributed by atoms with Crippen molar-refractivity contribution < 1.29 is 4.74 Å². The van der Waals surface area contributed by atoms with Crippen LogP contribution in [0.25, 0.3) is 21.8 Å². The minimum atomic E-state index is 0.705. The topological polar surface area (TPSA) is 22.1 Å². The Balaban J connectivity index is 2.14. The van der Waals surface area contributed by atoms with Gasteiger partial charge in [0.25, 0.3) is 0 Å². The Labute approximate surface area is 150 Å². The normalized spacial score (nSPS) is 11.3. The Kier molecular flexibility index (Phi) is 5.52. The zero-order valence-corrected chi connectivity index (χ0v) is 15.1. The first-order valence-corrected chi connectivity index (χ1v) is 9.38. The van der Waals surface area contributed by atoms with Crippen LogP contribution < -0.4 is 4.74 Å². The number of thioether (sulfide) groups is 1. The van der Waals surface area contributed by atoms with Gasteiger partial charge in [0.05, 0.1) is 18.1 Å². The molecule has 2 aromatic carbocycles. The van der Waals surface area contributed by atoms with Crippen molar-refractivity contribution in [3.05, 3.63) is 41.4 Å². The van der Waals surface area contributed by atoms with Crippen molar-refractivity contribution in [3.8, 4) is 5.75 Å². The van der Waals surface area contributed by atoms with Crippen LogP contribution >= 0.6 is 35.0 Å². The highest BCUT2D eigenvalue weighted by Crippen LogP contribution is 2.37. The van der Waals surface area contributed by atoms with Crippen molar-refractivity contribution in [1.29, 1.82) is 0 Å². The maximum Gasteiger partial charge on any atom is 0.119 e. The van der Waals surface area contributed by atoms with Crippen molar-refractivity contribution in [2.24, 2.45) is 0 Å². The van der Waals surface area contributed by atoms with Gasteiger partial charge in [0.2, 0.25) is 0 Å². The van der Waals surface area contributed by atoms with Crippen LogP contribution in [0.1, 0.15) is 12.8 Å². The standard InChI is InChI=1S/C18H17Cl2NOS/c1-22-13-5-7-16-15(11-13)18(23-9-3-2-8-19)14-6-4-12(20)10-17(14)21-16/h4-7,10-11H,2-3,8-9H2,1H3. The lowest BCUT2D eigenvalue weighted by Crippen LogP contribution is -1.91. The van der Waals surface area contributed by atoms with E-state index in [9.17, 15) is 0 Å². The van der Waals surface area contributed by atoms with Gasteiger partial charge in [-0.15, -0.1) is 23.4 Å². The molecule has 0 saturated carbocycles. The van der Waals surface area contributed by atoms with Gasteiger partial charge in [0.15, 0.2) is 0 Å². The summed E-state index contributed by atoms with van der Waals surface area (Å²) in [6.07, 6.45) is 2.13. The summed E-state index contributed by atoms with van der Waals surface area (Å²) in [5.74, 6) is 2.58. The number of ether oxygens (including phenoxy) is 1. The molecule has 3 rings (SSSR count). The monoisotopic (exact) mass is 365 g/mol. The van der Waals surface area contributed by atoms with Crippen molar-refractivity contribution in [2.45, 2.75) is 17.7 Å². The number of alkyl halides is 1. The number of unbranched alkanes of at least 4 members (excludes halogenated alkanes) is 1. The Bertz CT molecular complexity index is 838. The average Bonchev–Trinajstić information content (AvgIpc) is 2.57. The molecule has 2 nitrogen and oxygen atoms in total. The molecule has 0 amide bonds. The molecule has 5 heteroatoms. The van der Waals surface area contributed by atoms with Gasteiger partial charge in [-0.05, 0) is 48.9 Å². The van der Waals surface area contributed by atoms with E-state index >= 15 is 0 Å². The van der Waals surface area contributed by atoms with Crippen molar-refractivity contribution in [2.75, 3.05) is 18.7 Å². The second kappa shape index (κ2) is 7.61. The molecule has 1 heterocycles. The minimum absolute atomic E-state index is 0.705. The predicted octanol–water partition coefficient (Wildman–Crippen LogP) is 6.16. The van der Waals surface area contributed by atoms with Crippen molar-refractivity contribution in [3.63, 3.8) is 0 Å². The van der Waals surface area contributed by atoms with Gasteiger partial charge in [-0.25, -0.2) is 4.98 Å². The lowest BCUT2D eigenvalue weighted by atomic mass is 10.1. The van der Waals surface area contributed by atoms with E-state index in [4.69, 9.17) is 32.9 Å². The van der Waals surface area contributed by atoms with Crippen LogP contribution in [0, 0.1) is 0 Å². The summed E-state index contributed by atoms with van der Waals surface area (Å²) in [4.78, 5) is 5.98. The fraction of sp³-hybridized carbons (Fsp3) is 0.278. The lowest BCUT2D eigenvalue weighted by Gasteiger charge is -2.12. The largest absolute Gasteiger partial charge is 0.497 e. The molecule has 120 valence electrons. The van der Waals surface area contributed by atoms with Crippen LogP contribution in [0.5, 0.6) is 5.75 Å². The Hall–Kier alpha value is -1.16. The van der Waals surface area contributed by atoms with Gasteiger partial charge >= 0.3 is 0 Å². The third-order valence-corrected chi connectivity index (χ3v) is 5.39. The van der Waals surface area contributed by atoms with Gasteiger partial charge in [-0.2, -0.15) is 0 Å². The summed E-state index contributed by atoms with van der Waals surface area (Å²) in [6, 6.07) is 11.9. The molecule has 3 aromatic rings. The molecule has 1 aromatic heterocycles. The van der Waals surface area contributed by atoms with Gasteiger partial charge in [0.1, 0.15) is 5.75 Å². The maximum absolute atomic E-state index is 6.13. The molecular formula is C18H17Cl2NOS. The number of methoxy groups -OCH3 is 1. The molecule has 0 N–H and O–H groups in total. The van der Waals surface area contributed by atoms with E-state index in [-0.39, 0.29) is 0 Å². The van der Waals surface area contributed by atoms with Crippen molar-refractivity contribution >= 4 is 56.8 Å². The second-order valence-electron chi connectivity index (χ2n) is 5.23. The molecule has 23 heavy (non-hydrogen) atoms. The summed E-state index contributed by atoms with van der Waals surface area (Å²) in [7, 11) is 1.68. The molecule has 0 atom stereocenters. The molecule has 0 fully saturated rings. The van der Waals surface area contributed by atoms with Crippen LogP contribution in [0.15, 0.2) is 41.3 Å². The highest BCUT2D eigenvalue weighted by molar-refractivity contribution is 7.99. The zero-order valence-electron chi connectivity index (χ0n) is 12.8. The maximum atomic E-state index is 6.13. The molecule has 0 bridgehead atoms. The van der Waals surface area contributed by atoms with E-state index in [2.05, 4.69) is 6.07 Å². The van der Waals surface area contributed by atoms with Crippen LogP contribution in [-0.2, 0) is 0 Å². The van der Waals surface area contributed by atoms with Crippen molar-refractivity contribution in [1.82, 2.24) is 4.98 Å². The van der Waals surface area contributed by atoms with Gasteiger partial charge in [-0.3, -0.25) is 0 Å². The lowest BCUT2D eigenvalue weighted by molar-refractivity contribution is 0.415. The van der Waals surface area contributed by atoms with E-state index in [1.165, 1.54) is 4.90 Å². The molecule has 0 aliphatic rings. The number of hydrogen-bond acceptors (Lipinski definition) is 3. The number of nitrogens with zero attached hydrogens (tertiary/aromatic N) is 1. The Morgan fingerprint density at radius 2 is 1.91 bits per heavy atom. The van der Waals surface area contributed by atoms with Crippen LogP contribution in [0.3, 0.4) is 0 Å². The number of halogens is 2. The Morgan fingerprint density at radius 3 is 2.70 bits per heavy atom. The highest BCUT2D eigenvalue weighted by atomic mass is 35.5. The van der Waals surface area contributed by atoms with Gasteiger partial charge in [-0.1, -0.05) is 17.7 Å². The number of rotatable bonds is 6. The average molecular weight is 366 g/mol. The molecule has 0 aliphatic carbocycles. The first kappa shape index (κ1) is 16.7. The zero-order chi connectivity index (χ0) is 16.2. The SMILES string of the molecule is COc1ccc2nc3cc(Cl)ccc3c(SCCCCCl)c2c1. The molecule has 0 saturated heterocycles.